The molecule has 2 rings (SSSR count). The zero-order valence-electron chi connectivity index (χ0n) is 12.1. The van der Waals surface area contributed by atoms with Gasteiger partial charge in [0.25, 0.3) is 0 Å². The molecule has 0 bridgehead atoms. The summed E-state index contributed by atoms with van der Waals surface area (Å²) in [5.74, 6) is 0. The minimum absolute atomic E-state index is 0.334. The Bertz CT molecular complexity index is 652. The van der Waals surface area contributed by atoms with Crippen LogP contribution in [0.2, 0.25) is 0 Å². The summed E-state index contributed by atoms with van der Waals surface area (Å²) in [7, 11) is -3.20. The summed E-state index contributed by atoms with van der Waals surface area (Å²) in [4.78, 5) is 0. The van der Waals surface area contributed by atoms with Crippen LogP contribution in [0.4, 0.5) is 0 Å². The Hall–Kier alpha value is -1.69. The largest absolute Gasteiger partial charge is 0.545 e. The highest BCUT2D eigenvalue weighted by molar-refractivity contribution is 7.93. The fraction of sp³-hybridized carbons (Fsp3) is 0.250. The number of sulfonamides is 1. The van der Waals surface area contributed by atoms with Crippen LogP contribution in [0.1, 0.15) is 5.56 Å². The van der Waals surface area contributed by atoms with E-state index in [1.54, 1.807) is 0 Å². The molecule has 0 aliphatic heterocycles. The number of hydrogen-bond acceptors (Lipinski definition) is 2. The van der Waals surface area contributed by atoms with Gasteiger partial charge in [-0.25, -0.2) is 8.42 Å². The Balaban J connectivity index is 1.81. The van der Waals surface area contributed by atoms with E-state index in [9.17, 15) is 8.42 Å². The number of benzene rings is 2. The maximum Gasteiger partial charge on any atom is 0.101 e. The van der Waals surface area contributed by atoms with Crippen molar-refractivity contribution in [1.82, 2.24) is 0 Å². The molecule has 21 heavy (non-hydrogen) atoms. The van der Waals surface area contributed by atoms with Gasteiger partial charge in [-0.15, -0.1) is 0 Å². The van der Waals surface area contributed by atoms with E-state index in [0.29, 0.717) is 13.1 Å². The lowest BCUT2D eigenvalue weighted by molar-refractivity contribution is -0.667. The van der Waals surface area contributed by atoms with Crippen molar-refractivity contribution in [2.75, 3.05) is 19.3 Å². The molecule has 0 spiro atoms. The summed E-state index contributed by atoms with van der Waals surface area (Å²) in [6.45, 7) is 1.84. The van der Waals surface area contributed by atoms with Crippen molar-refractivity contribution >= 4 is 10.0 Å². The van der Waals surface area contributed by atoms with Gasteiger partial charge in [-0.2, -0.15) is 0 Å². The Labute approximate surface area is 126 Å². The van der Waals surface area contributed by atoms with E-state index >= 15 is 0 Å². The molecule has 5 heteroatoms. The third-order valence-corrected chi connectivity index (χ3v) is 3.75. The van der Waals surface area contributed by atoms with Gasteiger partial charge in [0, 0.05) is 11.8 Å². The molecule has 0 aliphatic carbocycles. The number of nitrogens with two attached hydrogens (primary N) is 1. The molecule has 0 aliphatic rings. The van der Waals surface area contributed by atoms with Crippen LogP contribution in [-0.4, -0.2) is 27.8 Å². The van der Waals surface area contributed by atoms with Crippen molar-refractivity contribution in [3.8, 4) is 11.1 Å². The van der Waals surface area contributed by atoms with Gasteiger partial charge in [-0.05, 0) is 11.1 Å². The van der Waals surface area contributed by atoms with E-state index < -0.39 is 10.0 Å². The van der Waals surface area contributed by atoms with Gasteiger partial charge in [0.1, 0.15) is 6.54 Å². The van der Waals surface area contributed by atoms with Crippen LogP contribution < -0.4 is 5.32 Å². The lowest BCUT2D eigenvalue weighted by Gasteiger charge is -2.14. The van der Waals surface area contributed by atoms with E-state index in [1.807, 2.05) is 18.2 Å². The van der Waals surface area contributed by atoms with E-state index in [0.717, 1.165) is 12.8 Å². The van der Waals surface area contributed by atoms with Gasteiger partial charge in [0.2, 0.25) is 0 Å². The molecule has 4 nitrogen and oxygen atoms in total. The average Bonchev–Trinajstić information content (AvgIpc) is 2.47. The predicted molar refractivity (Wildman–Crippen MR) is 85.4 cm³/mol. The minimum atomic E-state index is -3.20. The second kappa shape index (κ2) is 7.36. The fourth-order valence-electron chi connectivity index (χ4n) is 2.04. The molecule has 0 amide bonds. The second-order valence-corrected chi connectivity index (χ2v) is 6.65. The minimum Gasteiger partial charge on any atom is -0.545 e. The van der Waals surface area contributed by atoms with Crippen LogP contribution in [0.5, 0.6) is 0 Å². The highest BCUT2D eigenvalue weighted by Crippen LogP contribution is 2.18. The zero-order chi connectivity index (χ0) is 15.1. The maximum atomic E-state index is 10.9. The SMILES string of the molecule is CS(=O)(=O)[N-]CC[NH2+]Cc1ccc(-c2ccccc2)cc1. The first-order chi connectivity index (χ1) is 10.0. The Morgan fingerprint density at radius 3 is 2.19 bits per heavy atom. The molecule has 0 saturated carbocycles. The smallest absolute Gasteiger partial charge is 0.101 e. The van der Waals surface area contributed by atoms with Gasteiger partial charge in [-0.1, -0.05) is 61.1 Å². The van der Waals surface area contributed by atoms with Crippen molar-refractivity contribution in [3.05, 3.63) is 64.9 Å². The Morgan fingerprint density at radius 1 is 0.952 bits per heavy atom. The Morgan fingerprint density at radius 2 is 1.57 bits per heavy atom. The van der Waals surface area contributed by atoms with Gasteiger partial charge in [-0.3, -0.25) is 0 Å². The predicted octanol–water partition coefficient (Wildman–Crippen LogP) is 1.75. The van der Waals surface area contributed by atoms with Crippen LogP contribution >= 0.6 is 0 Å². The first kappa shape index (κ1) is 15.7. The van der Waals surface area contributed by atoms with Crippen molar-refractivity contribution in [1.29, 1.82) is 0 Å². The number of hydrogen-bond donors (Lipinski definition) is 1. The average molecular weight is 304 g/mol. The number of quaternary nitrogens is 1. The zero-order valence-corrected chi connectivity index (χ0v) is 12.9. The molecule has 2 aromatic carbocycles. The number of rotatable bonds is 7. The van der Waals surface area contributed by atoms with Crippen molar-refractivity contribution in [2.45, 2.75) is 6.54 Å². The van der Waals surface area contributed by atoms with Gasteiger partial charge >= 0.3 is 0 Å². The van der Waals surface area contributed by atoms with Crippen molar-refractivity contribution in [2.24, 2.45) is 0 Å². The monoisotopic (exact) mass is 304 g/mol. The standard InChI is InChI=1S/C16H19N2O2S/c1-21(19,20)18-12-11-17-13-14-7-9-16(10-8-14)15-5-3-2-4-6-15/h2-10,17H,11-13H2,1H3/q-1/p+1. The molecule has 0 radical (unpaired) electrons. The lowest BCUT2D eigenvalue weighted by Crippen LogP contribution is -2.83. The first-order valence-corrected chi connectivity index (χ1v) is 8.74. The lowest BCUT2D eigenvalue weighted by atomic mass is 10.0. The summed E-state index contributed by atoms with van der Waals surface area (Å²) in [5.41, 5.74) is 3.63. The molecule has 112 valence electrons. The maximum absolute atomic E-state index is 10.9. The first-order valence-electron chi connectivity index (χ1n) is 6.89. The summed E-state index contributed by atoms with van der Waals surface area (Å²) >= 11 is 0. The molecular weight excluding hydrogens is 284 g/mol. The molecule has 0 unspecified atom stereocenters. The van der Waals surface area contributed by atoms with Gasteiger partial charge < -0.3 is 10.0 Å². The van der Waals surface area contributed by atoms with E-state index in [4.69, 9.17) is 0 Å². The van der Waals surface area contributed by atoms with Crippen LogP contribution in [0, 0.1) is 0 Å². The van der Waals surface area contributed by atoms with Crippen LogP contribution in [0.3, 0.4) is 0 Å². The van der Waals surface area contributed by atoms with Crippen LogP contribution in [0.15, 0.2) is 54.6 Å². The molecule has 0 atom stereocenters. The molecule has 0 aromatic heterocycles. The highest BCUT2D eigenvalue weighted by atomic mass is 32.2. The topological polar surface area (TPSA) is 64.8 Å². The third kappa shape index (κ3) is 5.67. The van der Waals surface area contributed by atoms with E-state index in [-0.39, 0.29) is 0 Å². The summed E-state index contributed by atoms with van der Waals surface area (Å²) in [6.07, 6.45) is 1.12. The fourth-order valence-corrected chi connectivity index (χ4v) is 2.48. The molecular formula is C16H20N2O2S. The normalized spacial score (nSPS) is 11.5. The molecule has 0 saturated heterocycles. The van der Waals surface area contributed by atoms with E-state index in [1.165, 1.54) is 16.7 Å². The second-order valence-electron chi connectivity index (χ2n) is 4.93. The quantitative estimate of drug-likeness (QED) is 0.792. The molecule has 2 N–H and O–H groups in total. The summed E-state index contributed by atoms with van der Waals surface area (Å²) in [6, 6.07) is 18.7. The number of nitrogens with zero attached hydrogens (tertiary/aromatic N) is 1. The van der Waals surface area contributed by atoms with Gasteiger partial charge in [0.15, 0.2) is 0 Å². The van der Waals surface area contributed by atoms with E-state index in [2.05, 4.69) is 46.4 Å². The van der Waals surface area contributed by atoms with Crippen molar-refractivity contribution < 1.29 is 13.7 Å². The van der Waals surface area contributed by atoms with Crippen LogP contribution in [0.25, 0.3) is 15.8 Å². The Kier molecular flexibility index (Phi) is 5.50. The van der Waals surface area contributed by atoms with Crippen molar-refractivity contribution in [3.63, 3.8) is 0 Å². The highest BCUT2D eigenvalue weighted by Gasteiger charge is 1.98. The summed E-state index contributed by atoms with van der Waals surface area (Å²) in [5, 5.41) is 2.06. The van der Waals surface area contributed by atoms with Crippen LogP contribution in [-0.2, 0) is 16.6 Å². The third-order valence-electron chi connectivity index (χ3n) is 3.10. The molecule has 0 heterocycles. The molecule has 0 fully saturated rings. The summed E-state index contributed by atoms with van der Waals surface area (Å²) < 4.78 is 25.3. The molecule has 2 aromatic rings. The van der Waals surface area contributed by atoms with Gasteiger partial charge in [0.05, 0.1) is 16.6 Å².